The molecule has 6 heteroatoms. The highest BCUT2D eigenvalue weighted by atomic mass is 16.5. The summed E-state index contributed by atoms with van der Waals surface area (Å²) in [7, 11) is 3.16. The van der Waals surface area contributed by atoms with Gasteiger partial charge in [-0.05, 0) is 50.6 Å². The Morgan fingerprint density at radius 1 is 1.11 bits per heavy atom. The fourth-order valence-corrected chi connectivity index (χ4v) is 3.14. The lowest BCUT2D eigenvalue weighted by molar-refractivity contribution is 0.102. The van der Waals surface area contributed by atoms with Gasteiger partial charge in [-0.2, -0.15) is 0 Å². The zero-order valence-electron chi connectivity index (χ0n) is 16.3. The van der Waals surface area contributed by atoms with Gasteiger partial charge in [0.25, 0.3) is 5.91 Å². The van der Waals surface area contributed by atoms with E-state index < -0.39 is 0 Å². The molecular formula is C21H24N2O4. The number of carbonyl (C=O) groups is 1. The molecule has 0 atom stereocenters. The Hall–Kier alpha value is -3.15. The number of amides is 1. The monoisotopic (exact) mass is 368 g/mol. The van der Waals surface area contributed by atoms with Crippen LogP contribution in [-0.4, -0.2) is 24.7 Å². The Bertz CT molecular complexity index is 955. The van der Waals surface area contributed by atoms with Crippen LogP contribution in [0.25, 0.3) is 0 Å². The molecule has 0 spiro atoms. The van der Waals surface area contributed by atoms with Crippen LogP contribution in [0.4, 0.5) is 5.69 Å². The van der Waals surface area contributed by atoms with E-state index in [-0.39, 0.29) is 5.91 Å². The Kier molecular flexibility index (Phi) is 5.26. The summed E-state index contributed by atoms with van der Waals surface area (Å²) in [5.41, 5.74) is 4.10. The number of rotatable bonds is 6. The number of methoxy groups -OCH3 is 2. The molecule has 2 heterocycles. The van der Waals surface area contributed by atoms with Crippen molar-refractivity contribution < 1.29 is 18.7 Å². The molecule has 0 saturated heterocycles. The number of hydrogen-bond donors (Lipinski definition) is 1. The Morgan fingerprint density at radius 3 is 2.44 bits per heavy atom. The van der Waals surface area contributed by atoms with Crippen molar-refractivity contribution >= 4 is 11.6 Å². The smallest absolute Gasteiger partial charge is 0.257 e. The molecular weight excluding hydrogens is 344 g/mol. The Balaban J connectivity index is 1.87. The Morgan fingerprint density at radius 2 is 1.81 bits per heavy atom. The first-order valence-corrected chi connectivity index (χ1v) is 8.67. The molecule has 0 radical (unpaired) electrons. The second kappa shape index (κ2) is 7.61. The molecule has 0 aliphatic carbocycles. The lowest BCUT2D eigenvalue weighted by Crippen LogP contribution is -2.14. The Labute approximate surface area is 158 Å². The highest BCUT2D eigenvalue weighted by Crippen LogP contribution is 2.33. The predicted octanol–water partition coefficient (Wildman–Crippen LogP) is 4.32. The standard InChI is InChI=1S/C21H24N2O4/c1-13-9-19(25-4)20(26-5)11-18(13)22-21(24)17-10-14(2)23(15(17)3)12-16-7-6-8-27-16/h6-11H,12H2,1-5H3,(H,22,24). The van der Waals surface area contributed by atoms with Crippen LogP contribution in [0.2, 0.25) is 0 Å². The first-order chi connectivity index (χ1) is 12.9. The van der Waals surface area contributed by atoms with E-state index in [1.54, 1.807) is 26.5 Å². The van der Waals surface area contributed by atoms with Crippen LogP contribution in [0.1, 0.15) is 33.1 Å². The number of furan rings is 1. The van der Waals surface area contributed by atoms with Gasteiger partial charge in [0.15, 0.2) is 11.5 Å². The molecule has 2 aromatic heterocycles. The highest BCUT2D eigenvalue weighted by Gasteiger charge is 2.18. The van der Waals surface area contributed by atoms with Gasteiger partial charge in [0.05, 0.1) is 32.6 Å². The molecule has 27 heavy (non-hydrogen) atoms. The fourth-order valence-electron chi connectivity index (χ4n) is 3.14. The van der Waals surface area contributed by atoms with Crippen LogP contribution in [0.5, 0.6) is 11.5 Å². The van der Waals surface area contributed by atoms with Crippen molar-refractivity contribution in [3.05, 3.63) is 64.9 Å². The molecule has 0 unspecified atom stereocenters. The summed E-state index contributed by atoms with van der Waals surface area (Å²) in [6.07, 6.45) is 1.65. The van der Waals surface area contributed by atoms with Gasteiger partial charge in [-0.25, -0.2) is 0 Å². The molecule has 1 amide bonds. The minimum atomic E-state index is -0.163. The van der Waals surface area contributed by atoms with Crippen molar-refractivity contribution in [3.63, 3.8) is 0 Å². The van der Waals surface area contributed by atoms with E-state index in [0.29, 0.717) is 29.3 Å². The second-order valence-electron chi connectivity index (χ2n) is 6.43. The summed E-state index contributed by atoms with van der Waals surface area (Å²) in [4.78, 5) is 12.9. The largest absolute Gasteiger partial charge is 0.493 e. The maximum Gasteiger partial charge on any atom is 0.257 e. The van der Waals surface area contributed by atoms with Crippen LogP contribution in [-0.2, 0) is 6.54 Å². The quantitative estimate of drug-likeness (QED) is 0.703. The average Bonchev–Trinajstić information content (AvgIpc) is 3.26. The number of aryl methyl sites for hydroxylation is 2. The molecule has 0 aliphatic rings. The van der Waals surface area contributed by atoms with Gasteiger partial charge in [-0.1, -0.05) is 0 Å². The molecule has 3 aromatic rings. The molecule has 0 fully saturated rings. The highest BCUT2D eigenvalue weighted by molar-refractivity contribution is 6.05. The van der Waals surface area contributed by atoms with E-state index in [9.17, 15) is 4.79 Å². The van der Waals surface area contributed by atoms with Gasteiger partial charge in [-0.15, -0.1) is 0 Å². The third-order valence-corrected chi connectivity index (χ3v) is 4.69. The van der Waals surface area contributed by atoms with Crippen LogP contribution < -0.4 is 14.8 Å². The number of benzene rings is 1. The lowest BCUT2D eigenvalue weighted by atomic mass is 10.1. The molecule has 1 N–H and O–H groups in total. The predicted molar refractivity (Wildman–Crippen MR) is 104 cm³/mol. The van der Waals surface area contributed by atoms with Crippen molar-refractivity contribution in [3.8, 4) is 11.5 Å². The number of anilines is 1. The summed E-state index contributed by atoms with van der Waals surface area (Å²) in [5.74, 6) is 1.88. The minimum Gasteiger partial charge on any atom is -0.493 e. The van der Waals surface area contributed by atoms with Crippen LogP contribution in [0.3, 0.4) is 0 Å². The van der Waals surface area contributed by atoms with E-state index in [0.717, 1.165) is 22.7 Å². The number of nitrogens with one attached hydrogen (secondary N) is 1. The number of aromatic nitrogens is 1. The number of hydrogen-bond acceptors (Lipinski definition) is 4. The molecule has 142 valence electrons. The number of carbonyl (C=O) groups excluding carboxylic acids is 1. The van der Waals surface area contributed by atoms with E-state index >= 15 is 0 Å². The van der Waals surface area contributed by atoms with Crippen LogP contribution in [0, 0.1) is 20.8 Å². The minimum absolute atomic E-state index is 0.163. The van der Waals surface area contributed by atoms with E-state index in [2.05, 4.69) is 9.88 Å². The summed E-state index contributed by atoms with van der Waals surface area (Å²) in [5, 5.41) is 2.98. The van der Waals surface area contributed by atoms with Crippen molar-refractivity contribution in [2.45, 2.75) is 27.3 Å². The third kappa shape index (κ3) is 3.69. The van der Waals surface area contributed by atoms with E-state index in [1.807, 2.05) is 45.0 Å². The maximum absolute atomic E-state index is 12.9. The van der Waals surface area contributed by atoms with Crippen LogP contribution in [0.15, 0.2) is 41.0 Å². The molecule has 0 bridgehead atoms. The van der Waals surface area contributed by atoms with Crippen LogP contribution >= 0.6 is 0 Å². The van der Waals surface area contributed by atoms with Crippen molar-refractivity contribution in [1.82, 2.24) is 4.57 Å². The molecule has 0 saturated carbocycles. The second-order valence-corrected chi connectivity index (χ2v) is 6.43. The van der Waals surface area contributed by atoms with Gasteiger partial charge in [0.1, 0.15) is 5.76 Å². The molecule has 1 aromatic carbocycles. The zero-order valence-corrected chi connectivity index (χ0v) is 16.3. The first-order valence-electron chi connectivity index (χ1n) is 8.67. The first kappa shape index (κ1) is 18.6. The lowest BCUT2D eigenvalue weighted by Gasteiger charge is -2.14. The fraction of sp³-hybridized carbons (Fsp3) is 0.286. The molecule has 3 rings (SSSR count). The SMILES string of the molecule is COc1cc(C)c(NC(=O)c2cc(C)n(Cc3ccco3)c2C)cc1OC. The van der Waals surface area contributed by atoms with Crippen molar-refractivity contribution in [1.29, 1.82) is 0 Å². The average molecular weight is 368 g/mol. The van der Waals surface area contributed by atoms with Crippen molar-refractivity contribution in [2.75, 3.05) is 19.5 Å². The summed E-state index contributed by atoms with van der Waals surface area (Å²) in [6, 6.07) is 9.29. The number of nitrogens with zero attached hydrogens (tertiary/aromatic N) is 1. The summed E-state index contributed by atoms with van der Waals surface area (Å²) >= 11 is 0. The normalized spacial score (nSPS) is 10.7. The van der Waals surface area contributed by atoms with Gasteiger partial charge in [0, 0.05) is 23.1 Å². The van der Waals surface area contributed by atoms with Gasteiger partial charge in [-0.3, -0.25) is 4.79 Å². The third-order valence-electron chi connectivity index (χ3n) is 4.69. The van der Waals surface area contributed by atoms with E-state index in [4.69, 9.17) is 13.9 Å². The van der Waals surface area contributed by atoms with Gasteiger partial charge < -0.3 is 23.8 Å². The maximum atomic E-state index is 12.9. The summed E-state index contributed by atoms with van der Waals surface area (Å²) < 4.78 is 18.1. The number of ether oxygens (including phenoxy) is 2. The topological polar surface area (TPSA) is 65.6 Å². The zero-order chi connectivity index (χ0) is 19.6. The van der Waals surface area contributed by atoms with Gasteiger partial charge >= 0.3 is 0 Å². The molecule has 0 aliphatic heterocycles. The summed E-state index contributed by atoms with van der Waals surface area (Å²) in [6.45, 7) is 6.42. The van der Waals surface area contributed by atoms with E-state index in [1.165, 1.54) is 0 Å². The molecule has 6 nitrogen and oxygen atoms in total. The van der Waals surface area contributed by atoms with Crippen molar-refractivity contribution in [2.24, 2.45) is 0 Å². The van der Waals surface area contributed by atoms with Gasteiger partial charge in [0.2, 0.25) is 0 Å².